The number of amides is 4. The van der Waals surface area contributed by atoms with Crippen LogP contribution in [0.4, 0.5) is 23.1 Å². The largest absolute Gasteiger partial charge is 0.399 e. The summed E-state index contributed by atoms with van der Waals surface area (Å²) in [5.74, 6) is -1.05. The Hall–Kier alpha value is -4.00. The van der Waals surface area contributed by atoms with Gasteiger partial charge in [0.1, 0.15) is 11.5 Å². The summed E-state index contributed by atoms with van der Waals surface area (Å²) in [4.78, 5) is 47.8. The first-order valence-electron chi connectivity index (χ1n) is 12.0. The van der Waals surface area contributed by atoms with Crippen LogP contribution in [0.5, 0.6) is 0 Å². The highest BCUT2D eigenvalue weighted by molar-refractivity contribution is 7.19. The zero-order chi connectivity index (χ0) is 28.5. The molecule has 4 N–H and O–H groups in total. The lowest BCUT2D eigenvalue weighted by atomic mass is 9.87. The summed E-state index contributed by atoms with van der Waals surface area (Å²) in [5.41, 5.74) is 4.65. The van der Waals surface area contributed by atoms with E-state index >= 15 is 0 Å². The van der Waals surface area contributed by atoms with Gasteiger partial charge in [0, 0.05) is 24.3 Å². The SMILES string of the molecule is Cc1nc(NC(=O)N2C[C@H](NC(=O)c3ccccc3)C[C@H]2C(N)=O)sc1-c1ccnc(C(C)(C)C(F)(F)F)c1. The van der Waals surface area contributed by atoms with Crippen molar-refractivity contribution in [3.05, 3.63) is 65.6 Å². The van der Waals surface area contributed by atoms with E-state index in [2.05, 4.69) is 20.6 Å². The zero-order valence-corrected chi connectivity index (χ0v) is 22.2. The number of nitrogens with zero attached hydrogens (tertiary/aromatic N) is 3. The fourth-order valence-corrected chi connectivity index (χ4v) is 5.19. The maximum absolute atomic E-state index is 13.5. The Morgan fingerprint density at radius 2 is 1.82 bits per heavy atom. The van der Waals surface area contributed by atoms with Crippen LogP contribution in [0.2, 0.25) is 0 Å². The lowest BCUT2D eigenvalue weighted by Gasteiger charge is -2.27. The summed E-state index contributed by atoms with van der Waals surface area (Å²) < 4.78 is 40.6. The molecule has 13 heteroatoms. The molecule has 9 nitrogen and oxygen atoms in total. The van der Waals surface area contributed by atoms with Crippen LogP contribution in [0.25, 0.3) is 10.4 Å². The first kappa shape index (κ1) is 28.0. The smallest absolute Gasteiger partial charge is 0.368 e. The first-order valence-corrected chi connectivity index (χ1v) is 12.8. The van der Waals surface area contributed by atoms with Gasteiger partial charge < -0.3 is 16.0 Å². The van der Waals surface area contributed by atoms with E-state index in [1.54, 1.807) is 43.3 Å². The molecule has 1 fully saturated rings. The van der Waals surface area contributed by atoms with Crippen molar-refractivity contribution in [1.29, 1.82) is 0 Å². The van der Waals surface area contributed by atoms with Crippen LogP contribution < -0.4 is 16.4 Å². The van der Waals surface area contributed by atoms with E-state index < -0.39 is 35.6 Å². The minimum absolute atomic E-state index is 0.0511. The summed E-state index contributed by atoms with van der Waals surface area (Å²) in [7, 11) is 0. The van der Waals surface area contributed by atoms with Crippen molar-refractivity contribution < 1.29 is 27.6 Å². The van der Waals surface area contributed by atoms with Gasteiger partial charge >= 0.3 is 12.2 Å². The van der Waals surface area contributed by atoms with Crippen LogP contribution in [0.1, 0.15) is 42.0 Å². The number of alkyl halides is 3. The van der Waals surface area contributed by atoms with Crippen LogP contribution >= 0.6 is 11.3 Å². The summed E-state index contributed by atoms with van der Waals surface area (Å²) in [6.07, 6.45) is -3.04. The van der Waals surface area contributed by atoms with Crippen LogP contribution in [0.3, 0.4) is 0 Å². The monoisotopic (exact) mass is 560 g/mol. The molecule has 0 aliphatic carbocycles. The standard InChI is InChI=1S/C26H27F3N6O3S/c1-14-20(16-9-10-31-19(11-16)25(2,3)26(27,28)29)39-23(32-14)34-24(38)35-13-17(12-18(35)21(30)36)33-22(37)15-7-5-4-6-8-15/h4-11,17-18H,12-13H2,1-3H3,(H2,30,36)(H,33,37)(H,32,34,38)/t17-,18+/m1/s1. The van der Waals surface area contributed by atoms with Crippen molar-refractivity contribution >= 4 is 34.3 Å². The van der Waals surface area contributed by atoms with Gasteiger partial charge in [-0.15, -0.1) is 0 Å². The number of nitrogens with two attached hydrogens (primary N) is 1. The van der Waals surface area contributed by atoms with E-state index in [9.17, 15) is 27.6 Å². The van der Waals surface area contributed by atoms with Gasteiger partial charge in [-0.25, -0.2) is 9.78 Å². The van der Waals surface area contributed by atoms with Gasteiger partial charge in [0.05, 0.1) is 16.3 Å². The number of hydrogen-bond donors (Lipinski definition) is 3. The predicted octanol–water partition coefficient (Wildman–Crippen LogP) is 4.24. The number of rotatable bonds is 6. The summed E-state index contributed by atoms with van der Waals surface area (Å²) in [6.45, 7) is 3.85. The Kier molecular flexibility index (Phi) is 7.64. The van der Waals surface area contributed by atoms with E-state index in [0.29, 0.717) is 21.7 Å². The Balaban J connectivity index is 1.49. The van der Waals surface area contributed by atoms with Crippen molar-refractivity contribution in [1.82, 2.24) is 20.2 Å². The van der Waals surface area contributed by atoms with Gasteiger partial charge in [-0.05, 0) is 57.0 Å². The topological polar surface area (TPSA) is 130 Å². The van der Waals surface area contributed by atoms with Crippen LogP contribution in [-0.4, -0.2) is 57.5 Å². The number of primary amides is 1. The number of hydrogen-bond acceptors (Lipinski definition) is 6. The van der Waals surface area contributed by atoms with Crippen LogP contribution in [0.15, 0.2) is 48.7 Å². The van der Waals surface area contributed by atoms with Gasteiger partial charge in [-0.3, -0.25) is 19.9 Å². The number of thiazole rings is 1. The Labute approximate surface area is 226 Å². The molecule has 0 radical (unpaired) electrons. The van der Waals surface area contributed by atoms with Crippen LogP contribution in [-0.2, 0) is 10.2 Å². The van der Waals surface area contributed by atoms with Gasteiger partial charge in [0.15, 0.2) is 5.13 Å². The summed E-state index contributed by atoms with van der Waals surface area (Å²) in [5, 5.41) is 5.67. The molecule has 0 unspecified atom stereocenters. The van der Waals surface area contributed by atoms with Gasteiger partial charge in [-0.2, -0.15) is 13.2 Å². The minimum Gasteiger partial charge on any atom is -0.368 e. The zero-order valence-electron chi connectivity index (χ0n) is 21.4. The lowest BCUT2D eigenvalue weighted by molar-refractivity contribution is -0.181. The third-order valence-corrected chi connectivity index (χ3v) is 7.77. The number of aryl methyl sites for hydroxylation is 1. The highest BCUT2D eigenvalue weighted by atomic mass is 32.1. The fraction of sp³-hybridized carbons (Fsp3) is 0.346. The lowest BCUT2D eigenvalue weighted by Crippen LogP contribution is -2.46. The Morgan fingerprint density at radius 1 is 1.13 bits per heavy atom. The molecule has 39 heavy (non-hydrogen) atoms. The van der Waals surface area contributed by atoms with Crippen molar-refractivity contribution in [3.63, 3.8) is 0 Å². The molecule has 3 aromatic rings. The second kappa shape index (κ2) is 10.6. The minimum atomic E-state index is -4.49. The molecule has 0 bridgehead atoms. The van der Waals surface area contributed by atoms with Crippen molar-refractivity contribution in [2.75, 3.05) is 11.9 Å². The molecule has 4 amide bonds. The second-order valence-electron chi connectivity index (χ2n) is 9.76. The van der Waals surface area contributed by atoms with Gasteiger partial charge in [0.25, 0.3) is 5.91 Å². The predicted molar refractivity (Wildman–Crippen MR) is 140 cm³/mol. The molecule has 206 valence electrons. The van der Waals surface area contributed by atoms with E-state index in [1.165, 1.54) is 17.2 Å². The molecule has 0 spiro atoms. The number of anilines is 1. The number of aromatic nitrogens is 2. The number of likely N-dealkylation sites (tertiary alicyclic amines) is 1. The maximum atomic E-state index is 13.5. The number of halogens is 3. The average Bonchev–Trinajstić information content (AvgIpc) is 3.47. The number of benzene rings is 1. The van der Waals surface area contributed by atoms with Crippen molar-refractivity contribution in [2.45, 2.75) is 50.9 Å². The molecule has 1 aliphatic heterocycles. The van der Waals surface area contributed by atoms with E-state index in [1.807, 2.05) is 0 Å². The van der Waals surface area contributed by atoms with Crippen molar-refractivity contribution in [2.24, 2.45) is 5.73 Å². The normalized spacial score (nSPS) is 17.6. The molecule has 2 aromatic heterocycles. The molecule has 3 heterocycles. The third-order valence-electron chi connectivity index (χ3n) is 6.64. The molecule has 1 aromatic carbocycles. The van der Waals surface area contributed by atoms with Gasteiger partial charge in [-0.1, -0.05) is 29.5 Å². The first-order chi connectivity index (χ1) is 18.3. The van der Waals surface area contributed by atoms with E-state index in [0.717, 1.165) is 25.2 Å². The van der Waals surface area contributed by atoms with E-state index in [-0.39, 0.29) is 29.7 Å². The highest BCUT2D eigenvalue weighted by Crippen LogP contribution is 2.41. The third kappa shape index (κ3) is 5.87. The molecule has 2 atom stereocenters. The summed E-state index contributed by atoms with van der Waals surface area (Å²) >= 11 is 1.08. The maximum Gasteiger partial charge on any atom is 0.399 e. The molecular weight excluding hydrogens is 533 g/mol. The van der Waals surface area contributed by atoms with Crippen molar-refractivity contribution in [3.8, 4) is 10.4 Å². The quantitative estimate of drug-likeness (QED) is 0.415. The number of pyridine rings is 1. The summed E-state index contributed by atoms with van der Waals surface area (Å²) in [6, 6.07) is 9.40. The van der Waals surface area contributed by atoms with Gasteiger partial charge in [0.2, 0.25) is 5.91 Å². The van der Waals surface area contributed by atoms with E-state index in [4.69, 9.17) is 5.73 Å². The molecule has 4 rings (SSSR count). The molecule has 1 aliphatic rings. The number of urea groups is 1. The molecule has 0 saturated carbocycles. The Morgan fingerprint density at radius 3 is 2.46 bits per heavy atom. The Bertz CT molecular complexity index is 1390. The second-order valence-corrected chi connectivity index (χ2v) is 10.8. The highest BCUT2D eigenvalue weighted by Gasteiger charge is 2.49. The number of carbonyl (C=O) groups is 3. The average molecular weight is 561 g/mol. The number of carbonyl (C=O) groups excluding carboxylic acids is 3. The number of nitrogens with one attached hydrogen (secondary N) is 2. The molecule has 1 saturated heterocycles. The molecular formula is C26H27F3N6O3S. The fourth-order valence-electron chi connectivity index (χ4n) is 4.23. The van der Waals surface area contributed by atoms with Crippen LogP contribution in [0, 0.1) is 6.92 Å².